The van der Waals surface area contributed by atoms with Crippen LogP contribution in [0.5, 0.6) is 0 Å². The molecule has 0 spiro atoms. The molecule has 1 rings (SSSR count). The van der Waals surface area contributed by atoms with Gasteiger partial charge in [-0.2, -0.15) is 0 Å². The largest absolute Gasteiger partial charge is 0.303 e. The van der Waals surface area contributed by atoms with Crippen molar-refractivity contribution in [3.8, 4) is 0 Å². The average molecular weight is 225 g/mol. The first kappa shape index (κ1) is 13.7. The molecular formula is C14H27NO. The van der Waals surface area contributed by atoms with Crippen molar-refractivity contribution in [1.82, 2.24) is 4.90 Å². The van der Waals surface area contributed by atoms with Crippen molar-refractivity contribution in [2.45, 2.75) is 65.3 Å². The number of carbonyl (C=O) groups excluding carboxylic acids is 1. The van der Waals surface area contributed by atoms with Crippen molar-refractivity contribution in [3.63, 3.8) is 0 Å². The zero-order chi connectivity index (χ0) is 12.0. The van der Waals surface area contributed by atoms with Crippen molar-refractivity contribution >= 4 is 6.29 Å². The van der Waals surface area contributed by atoms with Crippen molar-refractivity contribution in [1.29, 1.82) is 0 Å². The number of aldehydes is 1. The van der Waals surface area contributed by atoms with Gasteiger partial charge in [-0.3, -0.25) is 4.90 Å². The Balaban J connectivity index is 2.57. The van der Waals surface area contributed by atoms with Crippen LogP contribution in [-0.2, 0) is 4.79 Å². The van der Waals surface area contributed by atoms with Crippen LogP contribution in [0.15, 0.2) is 0 Å². The average Bonchev–Trinajstić information content (AvgIpc) is 2.45. The predicted octanol–water partition coefficient (Wildman–Crippen LogP) is 3.26. The minimum absolute atomic E-state index is 0.132. The second-order valence-electron chi connectivity index (χ2n) is 5.69. The molecule has 0 aliphatic carbocycles. The van der Waals surface area contributed by atoms with Crippen LogP contribution >= 0.6 is 0 Å². The molecule has 2 nitrogen and oxygen atoms in total. The lowest BCUT2D eigenvalue weighted by Crippen LogP contribution is -2.41. The summed E-state index contributed by atoms with van der Waals surface area (Å²) in [5, 5.41) is 0. The maximum Gasteiger partial charge on any atom is 0.127 e. The summed E-state index contributed by atoms with van der Waals surface area (Å²) in [7, 11) is 0. The SMILES string of the molecule is CCCC(C)(C=O)CN1CCCCCC1C. The van der Waals surface area contributed by atoms with Gasteiger partial charge in [-0.15, -0.1) is 0 Å². The minimum atomic E-state index is -0.132. The van der Waals surface area contributed by atoms with E-state index in [9.17, 15) is 4.79 Å². The van der Waals surface area contributed by atoms with Crippen LogP contribution in [0.1, 0.15) is 59.3 Å². The zero-order valence-electron chi connectivity index (χ0n) is 11.2. The fraction of sp³-hybridized carbons (Fsp3) is 0.929. The molecule has 1 aliphatic heterocycles. The molecule has 0 aromatic rings. The summed E-state index contributed by atoms with van der Waals surface area (Å²) in [4.78, 5) is 13.8. The Labute approximate surface area is 100 Å². The van der Waals surface area contributed by atoms with E-state index in [1.807, 2.05) is 0 Å². The van der Waals surface area contributed by atoms with Gasteiger partial charge in [-0.1, -0.05) is 33.1 Å². The van der Waals surface area contributed by atoms with Gasteiger partial charge in [-0.25, -0.2) is 0 Å². The molecule has 0 bridgehead atoms. The van der Waals surface area contributed by atoms with Crippen molar-refractivity contribution in [3.05, 3.63) is 0 Å². The summed E-state index contributed by atoms with van der Waals surface area (Å²) in [6.07, 6.45) is 8.58. The topological polar surface area (TPSA) is 20.3 Å². The molecular weight excluding hydrogens is 198 g/mol. The number of rotatable bonds is 5. The van der Waals surface area contributed by atoms with Gasteiger partial charge in [0.2, 0.25) is 0 Å². The highest BCUT2D eigenvalue weighted by atomic mass is 16.1. The number of hydrogen-bond acceptors (Lipinski definition) is 2. The first-order chi connectivity index (χ1) is 7.61. The van der Waals surface area contributed by atoms with E-state index in [4.69, 9.17) is 0 Å². The first-order valence-corrected chi connectivity index (χ1v) is 6.81. The lowest BCUT2D eigenvalue weighted by molar-refractivity contribution is -0.117. The van der Waals surface area contributed by atoms with Crippen LogP contribution in [-0.4, -0.2) is 30.3 Å². The van der Waals surface area contributed by atoms with E-state index in [-0.39, 0.29) is 5.41 Å². The quantitative estimate of drug-likeness (QED) is 0.669. The Morgan fingerprint density at radius 3 is 2.75 bits per heavy atom. The predicted molar refractivity (Wildman–Crippen MR) is 68.6 cm³/mol. The van der Waals surface area contributed by atoms with Crippen LogP contribution in [0.25, 0.3) is 0 Å². The fourth-order valence-corrected chi connectivity index (χ4v) is 2.78. The molecule has 1 heterocycles. The lowest BCUT2D eigenvalue weighted by Gasteiger charge is -2.34. The third kappa shape index (κ3) is 3.89. The summed E-state index contributed by atoms with van der Waals surface area (Å²) < 4.78 is 0. The van der Waals surface area contributed by atoms with Crippen molar-refractivity contribution in [2.24, 2.45) is 5.41 Å². The van der Waals surface area contributed by atoms with Gasteiger partial charge in [-0.05, 0) is 32.7 Å². The number of hydrogen-bond donors (Lipinski definition) is 0. The number of nitrogens with zero attached hydrogens (tertiary/aromatic N) is 1. The Hall–Kier alpha value is -0.370. The van der Waals surface area contributed by atoms with E-state index < -0.39 is 0 Å². The summed E-state index contributed by atoms with van der Waals surface area (Å²) in [5.74, 6) is 0. The second-order valence-corrected chi connectivity index (χ2v) is 5.69. The number of carbonyl (C=O) groups is 1. The maximum absolute atomic E-state index is 11.3. The summed E-state index contributed by atoms with van der Waals surface area (Å²) in [6, 6.07) is 0.652. The van der Waals surface area contributed by atoms with Crippen LogP contribution in [0.4, 0.5) is 0 Å². The van der Waals surface area contributed by atoms with Crippen molar-refractivity contribution < 1.29 is 4.79 Å². The Morgan fingerprint density at radius 1 is 1.38 bits per heavy atom. The zero-order valence-corrected chi connectivity index (χ0v) is 11.2. The summed E-state index contributed by atoms with van der Waals surface area (Å²) in [5.41, 5.74) is -0.132. The van der Waals surface area contributed by atoms with Crippen LogP contribution in [0.2, 0.25) is 0 Å². The molecule has 0 amide bonds. The van der Waals surface area contributed by atoms with E-state index in [1.165, 1.54) is 38.5 Å². The van der Waals surface area contributed by atoms with Gasteiger partial charge in [0.05, 0.1) is 0 Å². The molecule has 0 saturated carbocycles. The highest BCUT2D eigenvalue weighted by Crippen LogP contribution is 2.25. The molecule has 1 aliphatic rings. The lowest BCUT2D eigenvalue weighted by atomic mass is 9.86. The van der Waals surface area contributed by atoms with Gasteiger partial charge in [0.15, 0.2) is 0 Å². The maximum atomic E-state index is 11.3. The Bertz CT molecular complexity index is 217. The van der Waals surface area contributed by atoms with E-state index in [0.29, 0.717) is 6.04 Å². The molecule has 2 atom stereocenters. The first-order valence-electron chi connectivity index (χ1n) is 6.81. The second kappa shape index (κ2) is 6.39. The molecule has 0 aromatic carbocycles. The van der Waals surface area contributed by atoms with Crippen molar-refractivity contribution in [2.75, 3.05) is 13.1 Å². The minimum Gasteiger partial charge on any atom is -0.303 e. The van der Waals surface area contributed by atoms with Gasteiger partial charge in [0.1, 0.15) is 6.29 Å². The molecule has 94 valence electrons. The molecule has 16 heavy (non-hydrogen) atoms. The van der Waals surface area contributed by atoms with Gasteiger partial charge < -0.3 is 4.79 Å². The molecule has 1 saturated heterocycles. The molecule has 1 fully saturated rings. The van der Waals surface area contributed by atoms with E-state index in [1.54, 1.807) is 0 Å². The molecule has 0 radical (unpaired) electrons. The molecule has 0 N–H and O–H groups in total. The van der Waals surface area contributed by atoms with E-state index in [0.717, 1.165) is 19.4 Å². The summed E-state index contributed by atoms with van der Waals surface area (Å²) >= 11 is 0. The standard InChI is InChI=1S/C14H27NO/c1-4-9-14(3,12-16)11-15-10-7-5-6-8-13(15)2/h12-13H,4-11H2,1-3H3. The third-order valence-corrected chi connectivity index (χ3v) is 3.86. The Kier molecular flexibility index (Phi) is 5.47. The highest BCUT2D eigenvalue weighted by molar-refractivity contribution is 5.59. The molecule has 2 heteroatoms. The van der Waals surface area contributed by atoms with Gasteiger partial charge >= 0.3 is 0 Å². The smallest absolute Gasteiger partial charge is 0.127 e. The van der Waals surface area contributed by atoms with E-state index >= 15 is 0 Å². The Morgan fingerprint density at radius 2 is 2.12 bits per heavy atom. The third-order valence-electron chi connectivity index (χ3n) is 3.86. The van der Waals surface area contributed by atoms with E-state index in [2.05, 4.69) is 25.7 Å². The van der Waals surface area contributed by atoms with Crippen LogP contribution < -0.4 is 0 Å². The molecule has 2 unspecified atom stereocenters. The fourth-order valence-electron chi connectivity index (χ4n) is 2.78. The molecule has 0 aromatic heterocycles. The van der Waals surface area contributed by atoms with Gasteiger partial charge in [0.25, 0.3) is 0 Å². The number of likely N-dealkylation sites (tertiary alicyclic amines) is 1. The monoisotopic (exact) mass is 225 g/mol. The van der Waals surface area contributed by atoms with Gasteiger partial charge in [0, 0.05) is 18.0 Å². The van der Waals surface area contributed by atoms with Crippen LogP contribution in [0.3, 0.4) is 0 Å². The highest BCUT2D eigenvalue weighted by Gasteiger charge is 2.28. The normalized spacial score (nSPS) is 27.1. The summed E-state index contributed by atoms with van der Waals surface area (Å²) in [6.45, 7) is 8.71. The van der Waals surface area contributed by atoms with Crippen LogP contribution in [0, 0.1) is 5.41 Å².